The summed E-state index contributed by atoms with van der Waals surface area (Å²) in [6.45, 7) is 6.41. The zero-order chi connectivity index (χ0) is 20.1. The highest BCUT2D eigenvalue weighted by molar-refractivity contribution is 7.80. The SMILES string of the molecule is CCNC(=S)N1CCC([C@@H](NC(=O)c2ccc(C)cc2)C(=O)NC2CC2)CC1. The first-order chi connectivity index (χ1) is 13.5. The van der Waals surface area contributed by atoms with Crippen molar-refractivity contribution in [1.82, 2.24) is 20.9 Å². The lowest BCUT2D eigenvalue weighted by atomic mass is 9.88. The molecule has 28 heavy (non-hydrogen) atoms. The van der Waals surface area contributed by atoms with E-state index >= 15 is 0 Å². The Bertz CT molecular complexity index is 710. The highest BCUT2D eigenvalue weighted by atomic mass is 32.1. The minimum Gasteiger partial charge on any atom is -0.363 e. The molecule has 2 aliphatic rings. The first-order valence-corrected chi connectivity index (χ1v) is 10.6. The van der Waals surface area contributed by atoms with Crippen LogP contribution in [0.2, 0.25) is 0 Å². The zero-order valence-corrected chi connectivity index (χ0v) is 17.5. The van der Waals surface area contributed by atoms with Crippen LogP contribution in [-0.4, -0.2) is 53.5 Å². The molecule has 0 spiro atoms. The number of amides is 2. The van der Waals surface area contributed by atoms with E-state index in [1.807, 2.05) is 26.0 Å². The second-order valence-corrected chi connectivity index (χ2v) is 8.15. The molecule has 1 aromatic carbocycles. The fourth-order valence-corrected chi connectivity index (χ4v) is 3.87. The Morgan fingerprint density at radius 2 is 1.79 bits per heavy atom. The van der Waals surface area contributed by atoms with Gasteiger partial charge >= 0.3 is 0 Å². The smallest absolute Gasteiger partial charge is 0.251 e. The third kappa shape index (κ3) is 5.44. The topological polar surface area (TPSA) is 73.5 Å². The van der Waals surface area contributed by atoms with E-state index in [1.54, 1.807) is 12.1 Å². The average Bonchev–Trinajstić information content (AvgIpc) is 3.50. The normalized spacial score (nSPS) is 18.3. The molecule has 6 nitrogen and oxygen atoms in total. The number of rotatable bonds is 6. The molecule has 3 N–H and O–H groups in total. The summed E-state index contributed by atoms with van der Waals surface area (Å²) in [5.74, 6) is -0.147. The van der Waals surface area contributed by atoms with Crippen LogP contribution in [0.1, 0.15) is 48.5 Å². The number of nitrogens with zero attached hydrogens (tertiary/aromatic N) is 1. The fourth-order valence-electron chi connectivity index (χ4n) is 3.54. The van der Waals surface area contributed by atoms with Crippen LogP contribution in [0, 0.1) is 12.8 Å². The molecule has 0 bridgehead atoms. The molecule has 1 aliphatic heterocycles. The molecule has 1 aliphatic carbocycles. The minimum atomic E-state index is -0.510. The molecule has 1 saturated heterocycles. The van der Waals surface area contributed by atoms with Crippen LogP contribution in [-0.2, 0) is 4.79 Å². The van der Waals surface area contributed by atoms with Crippen molar-refractivity contribution in [3.8, 4) is 0 Å². The maximum Gasteiger partial charge on any atom is 0.251 e. The lowest BCUT2D eigenvalue weighted by Gasteiger charge is -2.37. The molecule has 1 aromatic rings. The van der Waals surface area contributed by atoms with E-state index in [2.05, 4.69) is 20.9 Å². The number of likely N-dealkylation sites (tertiary alicyclic amines) is 1. The Kier molecular flexibility index (Phi) is 6.88. The van der Waals surface area contributed by atoms with Crippen molar-refractivity contribution in [3.05, 3.63) is 35.4 Å². The van der Waals surface area contributed by atoms with Crippen LogP contribution in [0.25, 0.3) is 0 Å². The summed E-state index contributed by atoms with van der Waals surface area (Å²) >= 11 is 5.40. The molecule has 0 unspecified atom stereocenters. The highest BCUT2D eigenvalue weighted by Gasteiger charge is 2.35. The maximum atomic E-state index is 12.9. The van der Waals surface area contributed by atoms with Crippen molar-refractivity contribution in [3.63, 3.8) is 0 Å². The minimum absolute atomic E-state index is 0.0596. The van der Waals surface area contributed by atoms with E-state index < -0.39 is 6.04 Å². The third-order valence-electron chi connectivity index (χ3n) is 5.43. The number of carbonyl (C=O) groups is 2. The quantitative estimate of drug-likeness (QED) is 0.635. The van der Waals surface area contributed by atoms with Gasteiger partial charge in [-0.2, -0.15) is 0 Å². The Morgan fingerprint density at radius 1 is 1.14 bits per heavy atom. The number of aryl methyl sites for hydroxylation is 1. The largest absolute Gasteiger partial charge is 0.363 e. The molecular weight excluding hydrogens is 372 g/mol. The summed E-state index contributed by atoms with van der Waals surface area (Å²) in [7, 11) is 0. The van der Waals surface area contributed by atoms with Gasteiger partial charge in [0.25, 0.3) is 5.91 Å². The third-order valence-corrected chi connectivity index (χ3v) is 5.84. The molecule has 1 heterocycles. The predicted molar refractivity (Wildman–Crippen MR) is 114 cm³/mol. The zero-order valence-electron chi connectivity index (χ0n) is 16.7. The lowest BCUT2D eigenvalue weighted by Crippen LogP contribution is -2.54. The van der Waals surface area contributed by atoms with Gasteiger partial charge < -0.3 is 20.9 Å². The van der Waals surface area contributed by atoms with E-state index in [0.29, 0.717) is 5.56 Å². The van der Waals surface area contributed by atoms with Crippen LogP contribution in [0.15, 0.2) is 24.3 Å². The van der Waals surface area contributed by atoms with E-state index in [-0.39, 0.29) is 23.8 Å². The molecule has 7 heteroatoms. The summed E-state index contributed by atoms with van der Waals surface area (Å²) in [5.41, 5.74) is 1.68. The van der Waals surface area contributed by atoms with Crippen molar-refractivity contribution in [2.45, 2.75) is 51.6 Å². The van der Waals surface area contributed by atoms with Crippen LogP contribution in [0.3, 0.4) is 0 Å². The molecule has 2 fully saturated rings. The number of hydrogen-bond donors (Lipinski definition) is 3. The summed E-state index contributed by atoms with van der Waals surface area (Å²) in [6.07, 6.45) is 3.70. The molecular formula is C21H30N4O2S. The van der Waals surface area contributed by atoms with E-state index in [1.165, 1.54) is 0 Å². The number of thiocarbonyl (C=S) groups is 1. The summed E-state index contributed by atoms with van der Waals surface area (Å²) < 4.78 is 0. The molecule has 1 saturated carbocycles. The van der Waals surface area contributed by atoms with Gasteiger partial charge in [-0.1, -0.05) is 17.7 Å². The monoisotopic (exact) mass is 402 g/mol. The number of nitrogens with one attached hydrogen (secondary N) is 3. The second kappa shape index (κ2) is 9.37. The van der Waals surface area contributed by atoms with E-state index in [9.17, 15) is 9.59 Å². The number of piperidine rings is 1. The van der Waals surface area contributed by atoms with Gasteiger partial charge in [0.1, 0.15) is 6.04 Å². The predicted octanol–water partition coefficient (Wildman–Crippen LogP) is 1.98. The van der Waals surface area contributed by atoms with Gasteiger partial charge in [-0.25, -0.2) is 0 Å². The van der Waals surface area contributed by atoms with Crippen molar-refractivity contribution in [2.75, 3.05) is 19.6 Å². The molecule has 0 radical (unpaired) electrons. The van der Waals surface area contributed by atoms with Gasteiger partial charge in [0.05, 0.1) is 0 Å². The van der Waals surface area contributed by atoms with Gasteiger partial charge in [-0.15, -0.1) is 0 Å². The second-order valence-electron chi connectivity index (χ2n) is 7.76. The Balaban J connectivity index is 1.65. The molecule has 0 aromatic heterocycles. The van der Waals surface area contributed by atoms with Crippen molar-refractivity contribution in [2.24, 2.45) is 5.92 Å². The highest BCUT2D eigenvalue weighted by Crippen LogP contribution is 2.24. The molecule has 2 amide bonds. The Labute approximate surface area is 172 Å². The van der Waals surface area contributed by atoms with Gasteiger partial charge in [0.15, 0.2) is 5.11 Å². The molecule has 3 rings (SSSR count). The summed E-state index contributed by atoms with van der Waals surface area (Å²) in [5, 5.41) is 10.0. The average molecular weight is 403 g/mol. The van der Waals surface area contributed by atoms with E-state index in [4.69, 9.17) is 12.2 Å². The van der Waals surface area contributed by atoms with Gasteiger partial charge in [-0.3, -0.25) is 9.59 Å². The summed E-state index contributed by atoms with van der Waals surface area (Å²) in [4.78, 5) is 27.7. The van der Waals surface area contributed by atoms with Gasteiger partial charge in [0, 0.05) is 31.2 Å². The molecule has 1 atom stereocenters. The van der Waals surface area contributed by atoms with Crippen molar-refractivity contribution in [1.29, 1.82) is 0 Å². The van der Waals surface area contributed by atoms with Gasteiger partial charge in [0.2, 0.25) is 5.91 Å². The van der Waals surface area contributed by atoms with Crippen molar-refractivity contribution >= 4 is 29.1 Å². The van der Waals surface area contributed by atoms with Gasteiger partial charge in [-0.05, 0) is 69.8 Å². The maximum absolute atomic E-state index is 12.9. The van der Waals surface area contributed by atoms with Crippen LogP contribution >= 0.6 is 12.2 Å². The van der Waals surface area contributed by atoms with Crippen LogP contribution in [0.5, 0.6) is 0 Å². The first kappa shape index (κ1) is 20.6. The summed E-state index contributed by atoms with van der Waals surface area (Å²) in [6, 6.07) is 7.19. The number of benzene rings is 1. The Hall–Kier alpha value is -2.15. The first-order valence-electron chi connectivity index (χ1n) is 10.2. The standard InChI is InChI=1S/C21H30N4O2S/c1-3-22-21(28)25-12-10-15(11-13-25)18(20(27)23-17-8-9-17)24-19(26)16-6-4-14(2)5-7-16/h4-7,15,17-18H,3,8-13H2,1-2H3,(H,22,28)(H,23,27)(H,24,26)/t18-/m1/s1. The lowest BCUT2D eigenvalue weighted by molar-refractivity contribution is -0.124. The van der Waals surface area contributed by atoms with Crippen LogP contribution in [0.4, 0.5) is 0 Å². The number of carbonyl (C=O) groups excluding carboxylic acids is 2. The van der Waals surface area contributed by atoms with Crippen LogP contribution < -0.4 is 16.0 Å². The van der Waals surface area contributed by atoms with Crippen molar-refractivity contribution < 1.29 is 9.59 Å². The molecule has 152 valence electrons. The fraction of sp³-hybridized carbons (Fsp3) is 0.571. The Morgan fingerprint density at radius 3 is 2.36 bits per heavy atom. The van der Waals surface area contributed by atoms with E-state index in [0.717, 1.165) is 56.0 Å². The number of hydrogen-bond acceptors (Lipinski definition) is 3.